The van der Waals surface area contributed by atoms with E-state index in [-0.39, 0.29) is 5.91 Å². The number of carbonyl (C=O) groups is 1. The molecule has 98 valence electrons. The van der Waals surface area contributed by atoms with E-state index in [1.807, 2.05) is 18.2 Å². The van der Waals surface area contributed by atoms with Gasteiger partial charge >= 0.3 is 0 Å². The quantitative estimate of drug-likeness (QED) is 0.788. The summed E-state index contributed by atoms with van der Waals surface area (Å²) in [5.41, 5.74) is 1.55. The Kier molecular flexibility index (Phi) is 4.91. The van der Waals surface area contributed by atoms with Gasteiger partial charge in [-0.15, -0.1) is 12.6 Å². The van der Waals surface area contributed by atoms with Crippen LogP contribution in [0.3, 0.4) is 0 Å². The van der Waals surface area contributed by atoms with Gasteiger partial charge in [0.25, 0.3) is 5.91 Å². The van der Waals surface area contributed by atoms with E-state index in [9.17, 15) is 4.79 Å². The van der Waals surface area contributed by atoms with Crippen LogP contribution in [0.25, 0.3) is 0 Å². The third-order valence-electron chi connectivity index (χ3n) is 2.57. The number of rotatable bonds is 3. The van der Waals surface area contributed by atoms with Crippen LogP contribution in [0.1, 0.15) is 15.9 Å². The van der Waals surface area contributed by atoms with Gasteiger partial charge in [0.15, 0.2) is 0 Å². The predicted octanol–water partition coefficient (Wildman–Crippen LogP) is 4.32. The molecule has 2 rings (SSSR count). The van der Waals surface area contributed by atoms with Crippen LogP contribution in [0.4, 0.5) is 0 Å². The number of amides is 1. The Morgan fingerprint density at radius 2 is 1.89 bits per heavy atom. The standard InChI is InChI=1S/C14H11BrClNOS/c15-10-3-6-12(13(19)7-10)14(18)17-8-9-1-4-11(16)5-2-9/h1-7,19H,8H2,(H,17,18). The summed E-state index contributed by atoms with van der Waals surface area (Å²) in [7, 11) is 0. The predicted molar refractivity (Wildman–Crippen MR) is 84.0 cm³/mol. The average molecular weight is 357 g/mol. The van der Waals surface area contributed by atoms with Crippen molar-refractivity contribution in [1.82, 2.24) is 5.32 Å². The molecule has 2 nitrogen and oxygen atoms in total. The summed E-state index contributed by atoms with van der Waals surface area (Å²) < 4.78 is 0.895. The van der Waals surface area contributed by atoms with Gasteiger partial charge in [0.05, 0.1) is 5.56 Å². The van der Waals surface area contributed by atoms with Crippen LogP contribution in [-0.2, 0) is 6.54 Å². The zero-order valence-electron chi connectivity index (χ0n) is 9.86. The summed E-state index contributed by atoms with van der Waals surface area (Å²) >= 11 is 13.4. The summed E-state index contributed by atoms with van der Waals surface area (Å²) in [6.07, 6.45) is 0. The van der Waals surface area contributed by atoms with Gasteiger partial charge < -0.3 is 5.32 Å². The molecule has 0 saturated carbocycles. The molecular formula is C14H11BrClNOS. The van der Waals surface area contributed by atoms with E-state index in [4.69, 9.17) is 11.6 Å². The van der Waals surface area contributed by atoms with E-state index in [2.05, 4.69) is 33.9 Å². The van der Waals surface area contributed by atoms with Crippen LogP contribution in [0.5, 0.6) is 0 Å². The highest BCUT2D eigenvalue weighted by atomic mass is 79.9. The fourth-order valence-corrected chi connectivity index (χ4v) is 2.56. The second kappa shape index (κ2) is 6.46. The first-order valence-corrected chi connectivity index (χ1v) is 7.19. The van der Waals surface area contributed by atoms with Crippen LogP contribution in [0.2, 0.25) is 5.02 Å². The monoisotopic (exact) mass is 355 g/mol. The largest absolute Gasteiger partial charge is 0.348 e. The molecule has 0 aromatic heterocycles. The van der Waals surface area contributed by atoms with Crippen LogP contribution in [0, 0.1) is 0 Å². The lowest BCUT2D eigenvalue weighted by molar-refractivity contribution is 0.0948. The number of hydrogen-bond acceptors (Lipinski definition) is 2. The molecule has 2 aromatic rings. The van der Waals surface area contributed by atoms with E-state index in [1.54, 1.807) is 24.3 Å². The number of halogens is 2. The first-order valence-electron chi connectivity index (χ1n) is 5.57. The average Bonchev–Trinajstić information content (AvgIpc) is 2.37. The lowest BCUT2D eigenvalue weighted by atomic mass is 10.2. The normalized spacial score (nSPS) is 10.3. The van der Waals surface area contributed by atoms with Gasteiger partial charge in [0.2, 0.25) is 0 Å². The van der Waals surface area contributed by atoms with Crippen LogP contribution >= 0.6 is 40.2 Å². The molecule has 0 saturated heterocycles. The minimum atomic E-state index is -0.146. The molecule has 1 N–H and O–H groups in total. The smallest absolute Gasteiger partial charge is 0.252 e. The van der Waals surface area contributed by atoms with E-state index >= 15 is 0 Å². The van der Waals surface area contributed by atoms with Crippen molar-refractivity contribution >= 4 is 46.1 Å². The molecule has 0 unspecified atom stereocenters. The molecule has 0 atom stereocenters. The molecule has 2 aromatic carbocycles. The summed E-state index contributed by atoms with van der Waals surface area (Å²) in [6, 6.07) is 12.7. The third kappa shape index (κ3) is 4.00. The fraction of sp³-hybridized carbons (Fsp3) is 0.0714. The highest BCUT2D eigenvalue weighted by molar-refractivity contribution is 9.10. The van der Waals surface area contributed by atoms with Crippen LogP contribution in [-0.4, -0.2) is 5.91 Å². The maximum Gasteiger partial charge on any atom is 0.252 e. The van der Waals surface area contributed by atoms with Gasteiger partial charge in [-0.3, -0.25) is 4.79 Å². The van der Waals surface area contributed by atoms with Crippen molar-refractivity contribution in [2.75, 3.05) is 0 Å². The molecule has 0 heterocycles. The molecule has 1 amide bonds. The SMILES string of the molecule is O=C(NCc1ccc(Cl)cc1)c1ccc(Br)cc1S. The number of thiol groups is 1. The van der Waals surface area contributed by atoms with Gasteiger partial charge in [0, 0.05) is 20.9 Å². The van der Waals surface area contributed by atoms with Crippen LogP contribution < -0.4 is 5.32 Å². The van der Waals surface area contributed by atoms with E-state index in [1.165, 1.54) is 0 Å². The molecule has 0 radical (unpaired) electrons. The van der Waals surface area contributed by atoms with E-state index in [0.717, 1.165) is 10.0 Å². The zero-order valence-corrected chi connectivity index (χ0v) is 13.1. The lowest BCUT2D eigenvalue weighted by Crippen LogP contribution is -2.23. The second-order valence-electron chi connectivity index (χ2n) is 3.97. The molecule has 0 fully saturated rings. The number of benzene rings is 2. The first kappa shape index (κ1) is 14.4. The molecule has 0 aliphatic rings. The van der Waals surface area contributed by atoms with Crippen molar-refractivity contribution in [2.24, 2.45) is 0 Å². The van der Waals surface area contributed by atoms with Crippen molar-refractivity contribution in [3.05, 3.63) is 63.1 Å². The summed E-state index contributed by atoms with van der Waals surface area (Å²) in [6.45, 7) is 0.458. The minimum absolute atomic E-state index is 0.146. The van der Waals surface area contributed by atoms with Crippen molar-refractivity contribution in [3.63, 3.8) is 0 Å². The van der Waals surface area contributed by atoms with E-state index < -0.39 is 0 Å². The highest BCUT2D eigenvalue weighted by Crippen LogP contribution is 2.19. The number of nitrogens with one attached hydrogen (secondary N) is 1. The molecule has 0 spiro atoms. The van der Waals surface area contributed by atoms with Gasteiger partial charge in [-0.05, 0) is 35.9 Å². The van der Waals surface area contributed by atoms with Crippen molar-refractivity contribution in [3.8, 4) is 0 Å². The second-order valence-corrected chi connectivity index (χ2v) is 5.80. The molecular weight excluding hydrogens is 346 g/mol. The van der Waals surface area contributed by atoms with Crippen LogP contribution in [0.15, 0.2) is 51.8 Å². The van der Waals surface area contributed by atoms with Crippen molar-refractivity contribution in [1.29, 1.82) is 0 Å². The Morgan fingerprint density at radius 3 is 2.53 bits per heavy atom. The Morgan fingerprint density at radius 1 is 1.21 bits per heavy atom. The van der Waals surface area contributed by atoms with Gasteiger partial charge in [0.1, 0.15) is 0 Å². The van der Waals surface area contributed by atoms with Crippen molar-refractivity contribution < 1.29 is 4.79 Å². The Labute approximate surface area is 130 Å². The molecule has 19 heavy (non-hydrogen) atoms. The maximum absolute atomic E-state index is 12.0. The Bertz CT molecular complexity index is 601. The zero-order chi connectivity index (χ0) is 13.8. The lowest BCUT2D eigenvalue weighted by Gasteiger charge is -2.08. The van der Waals surface area contributed by atoms with E-state index in [0.29, 0.717) is 22.0 Å². The van der Waals surface area contributed by atoms with Gasteiger partial charge in [-0.25, -0.2) is 0 Å². The molecule has 0 bridgehead atoms. The third-order valence-corrected chi connectivity index (χ3v) is 3.69. The first-order chi connectivity index (χ1) is 9.06. The maximum atomic E-state index is 12.0. The molecule has 5 heteroatoms. The summed E-state index contributed by atoms with van der Waals surface area (Å²) in [5.74, 6) is -0.146. The highest BCUT2D eigenvalue weighted by Gasteiger charge is 2.09. The Hall–Kier alpha value is -0.970. The summed E-state index contributed by atoms with van der Waals surface area (Å²) in [5, 5.41) is 3.53. The number of carbonyl (C=O) groups excluding carboxylic acids is 1. The minimum Gasteiger partial charge on any atom is -0.348 e. The Balaban J connectivity index is 2.03. The topological polar surface area (TPSA) is 29.1 Å². The summed E-state index contributed by atoms with van der Waals surface area (Å²) in [4.78, 5) is 12.7. The van der Waals surface area contributed by atoms with Gasteiger partial charge in [-0.2, -0.15) is 0 Å². The van der Waals surface area contributed by atoms with Crippen molar-refractivity contribution in [2.45, 2.75) is 11.4 Å². The fourth-order valence-electron chi connectivity index (χ4n) is 1.58. The molecule has 0 aliphatic carbocycles. The number of hydrogen-bond donors (Lipinski definition) is 2. The van der Waals surface area contributed by atoms with Gasteiger partial charge in [-0.1, -0.05) is 39.7 Å². The molecule has 0 aliphatic heterocycles.